The number of Topliss-reactive ketones (excluding diaryl/α,β-unsaturated/α-hetero) is 1. The van der Waals surface area contributed by atoms with Gasteiger partial charge in [-0.3, -0.25) is 4.79 Å². The van der Waals surface area contributed by atoms with Crippen LogP contribution >= 0.6 is 0 Å². The molecule has 0 saturated carbocycles. The van der Waals surface area contributed by atoms with Crippen molar-refractivity contribution < 1.29 is 9.90 Å². The van der Waals surface area contributed by atoms with E-state index in [0.29, 0.717) is 36.7 Å². The highest BCUT2D eigenvalue weighted by molar-refractivity contribution is 5.96. The van der Waals surface area contributed by atoms with Gasteiger partial charge in [0.15, 0.2) is 5.78 Å². The van der Waals surface area contributed by atoms with Crippen LogP contribution < -0.4 is 0 Å². The van der Waals surface area contributed by atoms with Gasteiger partial charge in [0.1, 0.15) is 17.6 Å². The zero-order chi connectivity index (χ0) is 22.8. The number of hydrogen-bond acceptors (Lipinski definition) is 6. The first-order valence-corrected chi connectivity index (χ1v) is 11.4. The summed E-state index contributed by atoms with van der Waals surface area (Å²) in [5.74, 6) is 1.26. The van der Waals surface area contributed by atoms with Crippen LogP contribution in [0.5, 0.6) is 0 Å². The Labute approximate surface area is 191 Å². The first-order valence-electron chi connectivity index (χ1n) is 11.4. The minimum atomic E-state index is -0.689. The molecule has 4 aromatic rings. The van der Waals surface area contributed by atoms with Crippen LogP contribution in [0.4, 0.5) is 0 Å². The largest absolute Gasteiger partial charge is 0.385 e. The lowest BCUT2D eigenvalue weighted by atomic mass is 9.98. The molecule has 5 rings (SSSR count). The van der Waals surface area contributed by atoms with Crippen LogP contribution in [0.25, 0.3) is 22.5 Å². The molecule has 1 atom stereocenters. The maximum absolute atomic E-state index is 12.9. The molecule has 0 spiro atoms. The third-order valence-electron chi connectivity index (χ3n) is 6.20. The van der Waals surface area contributed by atoms with Crippen molar-refractivity contribution in [1.82, 2.24) is 30.2 Å². The summed E-state index contributed by atoms with van der Waals surface area (Å²) >= 11 is 0. The van der Waals surface area contributed by atoms with Crippen molar-refractivity contribution in [2.45, 2.75) is 51.7 Å². The van der Waals surface area contributed by atoms with Crippen molar-refractivity contribution in [3.8, 4) is 22.5 Å². The number of nitrogens with zero attached hydrogens (tertiary/aromatic N) is 5. The lowest BCUT2D eigenvalue weighted by Gasteiger charge is -2.15. The van der Waals surface area contributed by atoms with E-state index in [-0.39, 0.29) is 5.78 Å². The van der Waals surface area contributed by atoms with E-state index >= 15 is 0 Å². The third kappa shape index (κ3) is 4.09. The average Bonchev–Trinajstić information content (AvgIpc) is 3.46. The normalized spacial score (nSPS) is 14.7. The van der Waals surface area contributed by atoms with Gasteiger partial charge in [-0.15, -0.1) is 10.2 Å². The van der Waals surface area contributed by atoms with E-state index in [2.05, 4.69) is 44.9 Å². The Morgan fingerprint density at radius 3 is 2.55 bits per heavy atom. The second-order valence-corrected chi connectivity index (χ2v) is 8.38. The quantitative estimate of drug-likeness (QED) is 0.435. The number of nitrogens with one attached hydrogen (secondary N) is 1. The van der Waals surface area contributed by atoms with Crippen molar-refractivity contribution >= 4 is 5.78 Å². The fraction of sp³-hybridized carbons (Fsp3) is 0.320. The number of aliphatic hydroxyl groups excluding tert-OH is 1. The molecule has 1 aliphatic carbocycles. The predicted octanol–water partition coefficient (Wildman–Crippen LogP) is 4.13. The Morgan fingerprint density at radius 2 is 1.82 bits per heavy atom. The number of aromatic nitrogens is 6. The Hall–Kier alpha value is -3.65. The molecule has 1 aliphatic rings. The van der Waals surface area contributed by atoms with Gasteiger partial charge in [0.05, 0.1) is 5.69 Å². The van der Waals surface area contributed by atoms with Gasteiger partial charge in [-0.05, 0) is 47.6 Å². The van der Waals surface area contributed by atoms with Crippen LogP contribution in [0.3, 0.4) is 0 Å². The van der Waals surface area contributed by atoms with Crippen molar-refractivity contribution in [3.63, 3.8) is 0 Å². The monoisotopic (exact) mass is 442 g/mol. The molecule has 33 heavy (non-hydrogen) atoms. The van der Waals surface area contributed by atoms with Crippen LogP contribution in [0.2, 0.25) is 0 Å². The molecule has 0 unspecified atom stereocenters. The number of ketones is 1. The second kappa shape index (κ2) is 9.07. The molecule has 0 fully saturated rings. The summed E-state index contributed by atoms with van der Waals surface area (Å²) in [5, 5.41) is 25.0. The van der Waals surface area contributed by atoms with Crippen molar-refractivity contribution in [2.24, 2.45) is 0 Å². The molecule has 8 nitrogen and oxygen atoms in total. The molecule has 168 valence electrons. The standard InChI is InChI=1S/C25H26N6O2/c1-2-21(32)25-26-20-9-5-6-10-22(33)23(20)31(25)15-16-11-13-17(14-12-16)18-7-3-4-8-19(18)24-27-29-30-28-24/h3-4,7-8,11-14,21,32H,2,5-6,9-10,15H2,1H3,(H,27,28,29,30)/t21-/m1/s1. The van der Waals surface area contributed by atoms with Gasteiger partial charge in [-0.25, -0.2) is 4.98 Å². The Balaban J connectivity index is 1.49. The molecule has 8 heteroatoms. The van der Waals surface area contributed by atoms with Crippen LogP contribution in [-0.2, 0) is 13.0 Å². The van der Waals surface area contributed by atoms with E-state index in [1.807, 2.05) is 35.8 Å². The summed E-state index contributed by atoms with van der Waals surface area (Å²) in [6.45, 7) is 2.42. The average molecular weight is 443 g/mol. The number of aryl methyl sites for hydroxylation is 1. The summed E-state index contributed by atoms with van der Waals surface area (Å²) in [7, 11) is 0. The van der Waals surface area contributed by atoms with E-state index in [1.165, 1.54) is 0 Å². The number of carbonyl (C=O) groups is 1. The van der Waals surface area contributed by atoms with E-state index in [0.717, 1.165) is 47.2 Å². The van der Waals surface area contributed by atoms with Crippen molar-refractivity contribution in [2.75, 3.05) is 0 Å². The van der Waals surface area contributed by atoms with Crippen LogP contribution in [0.1, 0.15) is 66.3 Å². The molecule has 2 heterocycles. The number of aliphatic hydroxyl groups is 1. The third-order valence-corrected chi connectivity index (χ3v) is 6.20. The zero-order valence-electron chi connectivity index (χ0n) is 18.5. The summed E-state index contributed by atoms with van der Waals surface area (Å²) in [6, 6.07) is 16.2. The number of carbonyl (C=O) groups excluding carboxylic acids is 1. The Morgan fingerprint density at radius 1 is 1.06 bits per heavy atom. The molecule has 2 N–H and O–H groups in total. The van der Waals surface area contributed by atoms with Crippen LogP contribution in [0.15, 0.2) is 48.5 Å². The molecule has 2 aromatic carbocycles. The molecule has 0 amide bonds. The summed E-state index contributed by atoms with van der Waals surface area (Å²) in [4.78, 5) is 17.6. The smallest absolute Gasteiger partial charge is 0.205 e. The number of fused-ring (bicyclic) bond motifs is 1. The second-order valence-electron chi connectivity index (χ2n) is 8.38. The Kier molecular flexibility index (Phi) is 5.83. The minimum absolute atomic E-state index is 0.121. The highest BCUT2D eigenvalue weighted by Crippen LogP contribution is 2.31. The molecular weight excluding hydrogens is 416 g/mol. The number of aromatic amines is 1. The van der Waals surface area contributed by atoms with E-state index < -0.39 is 6.10 Å². The molecule has 2 aromatic heterocycles. The first-order chi connectivity index (χ1) is 16.2. The first kappa shape index (κ1) is 21.2. The number of benzene rings is 2. The molecule has 0 radical (unpaired) electrons. The summed E-state index contributed by atoms with van der Waals surface area (Å²) in [6.07, 6.45) is 3.01. The SMILES string of the molecule is CC[C@@H](O)c1nc2c(n1Cc1ccc(-c3ccccc3-c3nn[nH]n3)cc1)C(=O)CCCC2. The van der Waals surface area contributed by atoms with Gasteiger partial charge in [-0.2, -0.15) is 5.21 Å². The number of rotatable bonds is 6. The van der Waals surface area contributed by atoms with Crippen molar-refractivity contribution in [3.05, 3.63) is 71.3 Å². The fourth-order valence-electron chi connectivity index (χ4n) is 4.48. The highest BCUT2D eigenvalue weighted by atomic mass is 16.3. The minimum Gasteiger partial charge on any atom is -0.385 e. The lowest BCUT2D eigenvalue weighted by molar-refractivity contribution is 0.0971. The Bertz CT molecular complexity index is 1260. The fourth-order valence-corrected chi connectivity index (χ4v) is 4.48. The predicted molar refractivity (Wildman–Crippen MR) is 124 cm³/mol. The zero-order valence-corrected chi connectivity index (χ0v) is 18.5. The van der Waals surface area contributed by atoms with Gasteiger partial charge in [0.25, 0.3) is 0 Å². The summed E-state index contributed by atoms with van der Waals surface area (Å²) in [5.41, 5.74) is 5.48. The van der Waals surface area contributed by atoms with E-state index in [1.54, 1.807) is 0 Å². The van der Waals surface area contributed by atoms with Gasteiger partial charge >= 0.3 is 0 Å². The highest BCUT2D eigenvalue weighted by Gasteiger charge is 2.27. The number of H-pyrrole nitrogens is 1. The van der Waals surface area contributed by atoms with Crippen LogP contribution in [0, 0.1) is 0 Å². The molecule has 0 aliphatic heterocycles. The topological polar surface area (TPSA) is 110 Å². The number of imidazole rings is 1. The van der Waals surface area contributed by atoms with Crippen molar-refractivity contribution in [1.29, 1.82) is 0 Å². The number of hydrogen-bond donors (Lipinski definition) is 2. The molecule has 0 bridgehead atoms. The van der Waals surface area contributed by atoms with Gasteiger partial charge in [0.2, 0.25) is 5.82 Å². The van der Waals surface area contributed by atoms with Gasteiger partial charge in [0, 0.05) is 18.5 Å². The van der Waals surface area contributed by atoms with Gasteiger partial charge < -0.3 is 9.67 Å². The number of tetrazole rings is 1. The maximum Gasteiger partial charge on any atom is 0.205 e. The van der Waals surface area contributed by atoms with E-state index in [4.69, 9.17) is 4.98 Å². The summed E-state index contributed by atoms with van der Waals surface area (Å²) < 4.78 is 1.93. The van der Waals surface area contributed by atoms with Gasteiger partial charge in [-0.1, -0.05) is 55.5 Å². The molecule has 0 saturated heterocycles. The maximum atomic E-state index is 12.9. The lowest BCUT2D eigenvalue weighted by Crippen LogP contribution is -2.15. The van der Waals surface area contributed by atoms with E-state index in [9.17, 15) is 9.90 Å². The van der Waals surface area contributed by atoms with Crippen LogP contribution in [-0.4, -0.2) is 41.1 Å². The molecular formula is C25H26N6O2.